The van der Waals surface area contributed by atoms with E-state index in [2.05, 4.69) is 5.32 Å². The van der Waals surface area contributed by atoms with E-state index >= 15 is 0 Å². The van der Waals surface area contributed by atoms with E-state index in [1.165, 1.54) is 6.92 Å². The predicted octanol–water partition coefficient (Wildman–Crippen LogP) is 1.26. The number of nitrogens with two attached hydrogens (primary N) is 1. The second-order valence-electron chi connectivity index (χ2n) is 4.48. The van der Waals surface area contributed by atoms with Gasteiger partial charge in [-0.1, -0.05) is 0 Å². The lowest BCUT2D eigenvalue weighted by Crippen LogP contribution is -2.32. The Morgan fingerprint density at radius 2 is 1.78 bits per heavy atom. The molecule has 0 saturated heterocycles. The first kappa shape index (κ1) is 14.5. The molecule has 0 saturated carbocycles. The highest BCUT2D eigenvalue weighted by Crippen LogP contribution is 2.23. The first-order chi connectivity index (χ1) is 8.12. The van der Waals surface area contributed by atoms with Gasteiger partial charge in [0.05, 0.1) is 11.4 Å². The number of nitrogen functional groups attached to an aromatic ring is 1. The molecule has 6 heteroatoms. The molecule has 100 valence electrons. The highest BCUT2D eigenvalue weighted by Gasteiger charge is 2.24. The Morgan fingerprint density at radius 1 is 1.28 bits per heavy atom. The minimum Gasteiger partial charge on any atom is -0.397 e. The fourth-order valence-electron chi connectivity index (χ4n) is 1.38. The average Bonchev–Trinajstić information content (AvgIpc) is 2.23. The summed E-state index contributed by atoms with van der Waals surface area (Å²) in [4.78, 5) is 11.8. The Kier molecular flexibility index (Phi) is 4.01. The first-order valence-corrected chi connectivity index (χ1v) is 7.45. The summed E-state index contributed by atoms with van der Waals surface area (Å²) in [6.45, 7) is 5.16. The van der Waals surface area contributed by atoms with Crippen LogP contribution in [0, 0.1) is 13.8 Å². The molecule has 0 radical (unpaired) electrons. The highest BCUT2D eigenvalue weighted by molar-refractivity contribution is 7.92. The summed E-state index contributed by atoms with van der Waals surface area (Å²) >= 11 is 0. The van der Waals surface area contributed by atoms with Crippen molar-refractivity contribution in [2.24, 2.45) is 0 Å². The van der Waals surface area contributed by atoms with Crippen LogP contribution in [0.4, 0.5) is 11.4 Å². The highest BCUT2D eigenvalue weighted by atomic mass is 32.2. The summed E-state index contributed by atoms with van der Waals surface area (Å²) in [5, 5.41) is 1.44. The minimum absolute atomic E-state index is 0.423. The zero-order chi connectivity index (χ0) is 14.1. The quantitative estimate of drug-likeness (QED) is 0.809. The molecule has 0 spiro atoms. The van der Waals surface area contributed by atoms with Crippen LogP contribution in [-0.2, 0) is 14.6 Å². The number of rotatable bonds is 3. The monoisotopic (exact) mass is 270 g/mol. The fourth-order valence-corrected chi connectivity index (χ4v) is 1.82. The molecule has 1 unspecified atom stereocenters. The molecular weight excluding hydrogens is 252 g/mol. The van der Waals surface area contributed by atoms with Crippen LogP contribution in [0.3, 0.4) is 0 Å². The molecule has 5 nitrogen and oxygen atoms in total. The van der Waals surface area contributed by atoms with Crippen LogP contribution in [0.15, 0.2) is 12.1 Å². The number of sulfone groups is 1. The molecule has 3 N–H and O–H groups in total. The Bertz CT molecular complexity index is 579. The molecule has 0 bridgehead atoms. The maximum atomic E-state index is 11.8. The molecule has 0 aliphatic rings. The number of anilines is 2. The van der Waals surface area contributed by atoms with Crippen molar-refractivity contribution in [2.75, 3.05) is 17.3 Å². The maximum Gasteiger partial charge on any atom is 0.242 e. The normalized spacial score (nSPS) is 13.1. The molecule has 1 aromatic carbocycles. The van der Waals surface area contributed by atoms with Crippen LogP contribution in [0.1, 0.15) is 18.1 Å². The average molecular weight is 270 g/mol. The third kappa shape index (κ3) is 3.22. The predicted molar refractivity (Wildman–Crippen MR) is 73.3 cm³/mol. The van der Waals surface area contributed by atoms with Crippen LogP contribution in [-0.4, -0.2) is 25.8 Å². The van der Waals surface area contributed by atoms with E-state index in [4.69, 9.17) is 5.73 Å². The van der Waals surface area contributed by atoms with Crippen LogP contribution in [0.5, 0.6) is 0 Å². The first-order valence-electron chi connectivity index (χ1n) is 5.49. The molecule has 1 amide bonds. The summed E-state index contributed by atoms with van der Waals surface area (Å²) in [5.41, 5.74) is 8.64. The van der Waals surface area contributed by atoms with E-state index in [0.29, 0.717) is 11.4 Å². The summed E-state index contributed by atoms with van der Waals surface area (Å²) in [5.74, 6) is -0.576. The number of hydrogen-bond acceptors (Lipinski definition) is 4. The van der Waals surface area contributed by atoms with Crippen LogP contribution in [0.2, 0.25) is 0 Å². The Balaban J connectivity index is 2.99. The molecular formula is C12H18N2O3S. The zero-order valence-electron chi connectivity index (χ0n) is 10.9. The molecule has 0 aromatic heterocycles. The van der Waals surface area contributed by atoms with Crippen molar-refractivity contribution in [3.05, 3.63) is 23.3 Å². The van der Waals surface area contributed by atoms with Gasteiger partial charge in [-0.05, 0) is 44.0 Å². The maximum absolute atomic E-state index is 11.8. The fraction of sp³-hybridized carbons (Fsp3) is 0.417. The molecule has 0 fully saturated rings. The van der Waals surface area contributed by atoms with E-state index in [9.17, 15) is 13.2 Å². The lowest BCUT2D eigenvalue weighted by atomic mass is 10.1. The second-order valence-corrected chi connectivity index (χ2v) is 6.85. The summed E-state index contributed by atoms with van der Waals surface area (Å²) in [7, 11) is -3.41. The van der Waals surface area contributed by atoms with Gasteiger partial charge >= 0.3 is 0 Å². The lowest BCUT2D eigenvalue weighted by molar-refractivity contribution is -0.115. The van der Waals surface area contributed by atoms with Crippen LogP contribution in [0.25, 0.3) is 0 Å². The SMILES string of the molecule is Cc1cc(N)c(NC(=O)C(C)S(C)(=O)=O)cc1C. The van der Waals surface area contributed by atoms with E-state index in [0.717, 1.165) is 17.4 Å². The number of carbonyl (C=O) groups excluding carboxylic acids is 1. The smallest absolute Gasteiger partial charge is 0.242 e. The molecule has 0 aliphatic carbocycles. The van der Waals surface area contributed by atoms with Gasteiger partial charge in [-0.25, -0.2) is 8.42 Å². The zero-order valence-corrected chi connectivity index (χ0v) is 11.8. The van der Waals surface area contributed by atoms with Gasteiger partial charge in [0.1, 0.15) is 5.25 Å². The molecule has 0 heterocycles. The molecule has 1 atom stereocenters. The number of carbonyl (C=O) groups is 1. The number of benzene rings is 1. The van der Waals surface area contributed by atoms with E-state index in [-0.39, 0.29) is 0 Å². The van der Waals surface area contributed by atoms with Crippen LogP contribution < -0.4 is 11.1 Å². The summed E-state index contributed by atoms with van der Waals surface area (Å²) < 4.78 is 22.6. The van der Waals surface area contributed by atoms with Crippen molar-refractivity contribution >= 4 is 27.1 Å². The van der Waals surface area contributed by atoms with Crippen molar-refractivity contribution < 1.29 is 13.2 Å². The topological polar surface area (TPSA) is 89.3 Å². The van der Waals surface area contributed by atoms with Crippen molar-refractivity contribution in [3.63, 3.8) is 0 Å². The van der Waals surface area contributed by atoms with E-state index < -0.39 is 21.0 Å². The van der Waals surface area contributed by atoms with Crippen molar-refractivity contribution in [1.82, 2.24) is 0 Å². The number of hydrogen-bond donors (Lipinski definition) is 2. The van der Waals surface area contributed by atoms with Crippen molar-refractivity contribution in [2.45, 2.75) is 26.0 Å². The number of aryl methyl sites for hydroxylation is 2. The van der Waals surface area contributed by atoms with Gasteiger partial charge in [0.2, 0.25) is 5.91 Å². The Hall–Kier alpha value is -1.56. The van der Waals surface area contributed by atoms with E-state index in [1.54, 1.807) is 12.1 Å². The molecule has 18 heavy (non-hydrogen) atoms. The van der Waals surface area contributed by atoms with Gasteiger partial charge < -0.3 is 11.1 Å². The number of amides is 1. The van der Waals surface area contributed by atoms with Gasteiger partial charge in [0, 0.05) is 6.26 Å². The van der Waals surface area contributed by atoms with Gasteiger partial charge in [-0.3, -0.25) is 4.79 Å². The standard InChI is InChI=1S/C12H18N2O3S/c1-7-5-10(13)11(6-8(7)2)14-12(15)9(3)18(4,16)17/h5-6,9H,13H2,1-4H3,(H,14,15). The summed E-state index contributed by atoms with van der Waals surface area (Å²) in [6.07, 6.45) is 1.03. The molecule has 0 aliphatic heterocycles. The van der Waals surface area contributed by atoms with Crippen LogP contribution >= 0.6 is 0 Å². The van der Waals surface area contributed by atoms with Crippen molar-refractivity contribution in [3.8, 4) is 0 Å². The minimum atomic E-state index is -3.41. The number of nitrogens with one attached hydrogen (secondary N) is 1. The van der Waals surface area contributed by atoms with E-state index in [1.807, 2.05) is 13.8 Å². The largest absolute Gasteiger partial charge is 0.397 e. The van der Waals surface area contributed by atoms with Gasteiger partial charge in [0.15, 0.2) is 9.84 Å². The van der Waals surface area contributed by atoms with Gasteiger partial charge in [-0.15, -0.1) is 0 Å². The Labute approximate surface area is 107 Å². The Morgan fingerprint density at radius 3 is 2.28 bits per heavy atom. The molecule has 1 rings (SSSR count). The summed E-state index contributed by atoms with van der Waals surface area (Å²) in [6, 6.07) is 3.48. The van der Waals surface area contributed by atoms with Gasteiger partial charge in [-0.2, -0.15) is 0 Å². The third-order valence-electron chi connectivity index (χ3n) is 2.94. The van der Waals surface area contributed by atoms with Crippen molar-refractivity contribution in [1.29, 1.82) is 0 Å². The molecule has 1 aromatic rings. The third-order valence-corrected chi connectivity index (χ3v) is 4.43. The lowest BCUT2D eigenvalue weighted by Gasteiger charge is -2.13. The van der Waals surface area contributed by atoms with Gasteiger partial charge in [0.25, 0.3) is 0 Å². The second kappa shape index (κ2) is 4.97.